The second-order valence-corrected chi connectivity index (χ2v) is 4.31. The molecule has 14 heavy (non-hydrogen) atoms. The summed E-state index contributed by atoms with van der Waals surface area (Å²) < 4.78 is 0. The van der Waals surface area contributed by atoms with Gasteiger partial charge in [-0.25, -0.2) is 0 Å². The van der Waals surface area contributed by atoms with E-state index in [2.05, 4.69) is 6.42 Å². The maximum absolute atomic E-state index is 10.2. The third-order valence-electron chi connectivity index (χ3n) is 3.47. The Balaban J connectivity index is 2.09. The van der Waals surface area contributed by atoms with Crippen molar-refractivity contribution in [2.75, 3.05) is 6.61 Å². The summed E-state index contributed by atoms with van der Waals surface area (Å²) in [5, 5.41) is 19.5. The van der Waals surface area contributed by atoms with Crippen LogP contribution in [0, 0.1) is 11.8 Å². The summed E-state index contributed by atoms with van der Waals surface area (Å²) in [6.07, 6.45) is 11.4. The first kappa shape index (κ1) is 9.94. The average Bonchev–Trinajstić information content (AvgIpc) is 2.18. The smallest absolute Gasteiger partial charge is 0.0865 e. The highest BCUT2D eigenvalue weighted by atomic mass is 16.3. The molecule has 0 amide bonds. The van der Waals surface area contributed by atoms with Crippen LogP contribution in [0.2, 0.25) is 0 Å². The summed E-state index contributed by atoms with van der Waals surface area (Å²) in [6.45, 7) is 0.100. The highest BCUT2D eigenvalue weighted by molar-refractivity contribution is 5.32. The van der Waals surface area contributed by atoms with E-state index in [9.17, 15) is 10.2 Å². The molecule has 2 heteroatoms. The van der Waals surface area contributed by atoms with Gasteiger partial charge in [0, 0.05) is 5.41 Å². The van der Waals surface area contributed by atoms with Gasteiger partial charge in [0.25, 0.3) is 0 Å². The van der Waals surface area contributed by atoms with E-state index in [0.717, 1.165) is 31.3 Å². The standard InChI is InChI=1S/C12H17O2/c13-9-12(7-4-8-12)11(14)10-5-2-1-3-6-10/h1-2,5-6,11,13-14H,3-4,7-9H2. The summed E-state index contributed by atoms with van der Waals surface area (Å²) >= 11 is 0. The van der Waals surface area contributed by atoms with E-state index in [4.69, 9.17) is 0 Å². The Labute approximate surface area is 85.0 Å². The molecule has 0 heterocycles. The van der Waals surface area contributed by atoms with Crippen molar-refractivity contribution >= 4 is 0 Å². The molecule has 1 radical (unpaired) electrons. The van der Waals surface area contributed by atoms with Gasteiger partial charge in [0.1, 0.15) is 0 Å². The van der Waals surface area contributed by atoms with Crippen LogP contribution in [0.1, 0.15) is 25.7 Å². The molecule has 0 spiro atoms. The summed E-state index contributed by atoms with van der Waals surface area (Å²) in [6, 6.07) is 0. The van der Waals surface area contributed by atoms with E-state index in [1.54, 1.807) is 0 Å². The average molecular weight is 193 g/mol. The first-order valence-corrected chi connectivity index (χ1v) is 5.27. The van der Waals surface area contributed by atoms with Crippen molar-refractivity contribution in [2.24, 2.45) is 5.41 Å². The zero-order valence-corrected chi connectivity index (χ0v) is 8.32. The highest BCUT2D eigenvalue weighted by Crippen LogP contribution is 2.46. The van der Waals surface area contributed by atoms with Gasteiger partial charge in [-0.2, -0.15) is 0 Å². The Morgan fingerprint density at radius 1 is 1.43 bits per heavy atom. The van der Waals surface area contributed by atoms with Crippen molar-refractivity contribution in [2.45, 2.75) is 31.8 Å². The van der Waals surface area contributed by atoms with Gasteiger partial charge in [0.05, 0.1) is 12.7 Å². The maximum Gasteiger partial charge on any atom is 0.0865 e. The molecule has 2 N–H and O–H groups in total. The third kappa shape index (κ3) is 1.53. The molecule has 0 aliphatic heterocycles. The fourth-order valence-corrected chi connectivity index (χ4v) is 2.24. The van der Waals surface area contributed by atoms with Crippen LogP contribution in [-0.4, -0.2) is 22.9 Å². The van der Waals surface area contributed by atoms with Gasteiger partial charge in [0.15, 0.2) is 0 Å². The van der Waals surface area contributed by atoms with Crippen LogP contribution in [-0.2, 0) is 0 Å². The van der Waals surface area contributed by atoms with Gasteiger partial charge < -0.3 is 10.2 Å². The lowest BCUT2D eigenvalue weighted by molar-refractivity contribution is -0.0515. The fourth-order valence-electron chi connectivity index (χ4n) is 2.24. The Bertz CT molecular complexity index is 256. The molecule has 1 fully saturated rings. The molecular formula is C12H17O2. The molecule has 2 aliphatic rings. The normalized spacial score (nSPS) is 26.6. The minimum atomic E-state index is -0.480. The molecule has 0 aromatic rings. The van der Waals surface area contributed by atoms with Crippen molar-refractivity contribution in [1.29, 1.82) is 0 Å². The lowest BCUT2D eigenvalue weighted by Gasteiger charge is -2.44. The molecule has 2 rings (SSSR count). The van der Waals surface area contributed by atoms with E-state index in [-0.39, 0.29) is 12.0 Å². The van der Waals surface area contributed by atoms with Crippen molar-refractivity contribution in [3.8, 4) is 0 Å². The van der Waals surface area contributed by atoms with Gasteiger partial charge in [-0.05, 0) is 31.3 Å². The zero-order chi connectivity index (χ0) is 10.0. The number of allylic oxidation sites excluding steroid dienone is 2. The van der Waals surface area contributed by atoms with Crippen LogP contribution in [0.4, 0.5) is 0 Å². The Morgan fingerprint density at radius 2 is 2.21 bits per heavy atom. The lowest BCUT2D eigenvalue weighted by atomic mass is 9.63. The van der Waals surface area contributed by atoms with Gasteiger partial charge in [-0.3, -0.25) is 0 Å². The Hall–Kier alpha value is -0.600. The van der Waals surface area contributed by atoms with Crippen LogP contribution in [0.3, 0.4) is 0 Å². The fraction of sp³-hybridized carbons (Fsp3) is 0.583. The minimum absolute atomic E-state index is 0.100. The van der Waals surface area contributed by atoms with Crippen molar-refractivity contribution in [1.82, 2.24) is 0 Å². The summed E-state index contributed by atoms with van der Waals surface area (Å²) in [4.78, 5) is 0. The van der Waals surface area contributed by atoms with Crippen LogP contribution < -0.4 is 0 Å². The van der Waals surface area contributed by atoms with Crippen LogP contribution in [0.25, 0.3) is 0 Å². The summed E-state index contributed by atoms with van der Waals surface area (Å²) in [5.74, 6) is 0. The van der Waals surface area contributed by atoms with E-state index < -0.39 is 6.10 Å². The van der Waals surface area contributed by atoms with Crippen LogP contribution in [0.5, 0.6) is 0 Å². The molecule has 77 valence electrons. The predicted octanol–water partition coefficient (Wildman–Crippen LogP) is 1.60. The van der Waals surface area contributed by atoms with E-state index in [1.165, 1.54) is 0 Å². The second kappa shape index (κ2) is 3.87. The SMILES string of the molecule is OCC1(C(O)C2=CC[CH]C=C2)CCC1. The largest absolute Gasteiger partial charge is 0.396 e. The van der Waals surface area contributed by atoms with E-state index in [0.29, 0.717) is 0 Å². The monoisotopic (exact) mass is 193 g/mol. The Kier molecular flexibility index (Phi) is 2.75. The van der Waals surface area contributed by atoms with Gasteiger partial charge in [0.2, 0.25) is 0 Å². The molecule has 0 aromatic carbocycles. The summed E-state index contributed by atoms with van der Waals surface area (Å²) in [7, 11) is 0. The van der Waals surface area contributed by atoms with E-state index in [1.807, 2.05) is 18.2 Å². The first-order valence-electron chi connectivity index (χ1n) is 5.27. The molecule has 0 saturated heterocycles. The molecule has 0 bridgehead atoms. The lowest BCUT2D eigenvalue weighted by Crippen LogP contribution is -2.45. The molecule has 1 saturated carbocycles. The molecule has 1 atom stereocenters. The maximum atomic E-state index is 10.2. The third-order valence-corrected chi connectivity index (χ3v) is 3.47. The Morgan fingerprint density at radius 3 is 2.64 bits per heavy atom. The van der Waals surface area contributed by atoms with Gasteiger partial charge >= 0.3 is 0 Å². The van der Waals surface area contributed by atoms with Gasteiger partial charge in [-0.1, -0.05) is 24.6 Å². The topological polar surface area (TPSA) is 40.5 Å². The highest BCUT2D eigenvalue weighted by Gasteiger charge is 2.43. The van der Waals surface area contributed by atoms with Crippen LogP contribution >= 0.6 is 0 Å². The molecule has 2 nitrogen and oxygen atoms in total. The second-order valence-electron chi connectivity index (χ2n) is 4.31. The predicted molar refractivity (Wildman–Crippen MR) is 55.5 cm³/mol. The van der Waals surface area contributed by atoms with Crippen LogP contribution in [0.15, 0.2) is 23.8 Å². The number of hydrogen-bond donors (Lipinski definition) is 2. The molecule has 2 aliphatic carbocycles. The number of aliphatic hydroxyl groups is 2. The number of aliphatic hydroxyl groups excluding tert-OH is 2. The first-order chi connectivity index (χ1) is 6.78. The van der Waals surface area contributed by atoms with E-state index >= 15 is 0 Å². The quantitative estimate of drug-likeness (QED) is 0.714. The molecule has 1 unspecified atom stereocenters. The number of rotatable bonds is 3. The van der Waals surface area contributed by atoms with Crippen molar-refractivity contribution < 1.29 is 10.2 Å². The number of hydrogen-bond acceptors (Lipinski definition) is 2. The van der Waals surface area contributed by atoms with Crippen molar-refractivity contribution in [3.63, 3.8) is 0 Å². The van der Waals surface area contributed by atoms with Crippen molar-refractivity contribution in [3.05, 3.63) is 30.2 Å². The molecular weight excluding hydrogens is 176 g/mol. The molecule has 0 aromatic heterocycles. The zero-order valence-electron chi connectivity index (χ0n) is 8.32. The van der Waals surface area contributed by atoms with Gasteiger partial charge in [-0.15, -0.1) is 0 Å². The summed E-state index contributed by atoms with van der Waals surface area (Å²) in [5.41, 5.74) is 0.731. The minimum Gasteiger partial charge on any atom is -0.396 e.